The molecule has 0 N–H and O–H groups in total. The predicted molar refractivity (Wildman–Crippen MR) is 53.7 cm³/mol. The number of pyridine rings is 1. The number of aryl methyl sites for hydroxylation is 1. The topological polar surface area (TPSA) is 30.0 Å². The fraction of sp³-hybridized carbons (Fsp3) is 0.200. The van der Waals surface area contributed by atoms with E-state index in [2.05, 4.69) is 4.98 Å². The quantitative estimate of drug-likeness (QED) is 0.548. The molecule has 0 bridgehead atoms. The summed E-state index contributed by atoms with van der Waals surface area (Å²) < 4.78 is 0. The highest BCUT2D eigenvalue weighted by Crippen LogP contribution is 2.18. The Morgan fingerprint density at radius 2 is 2.38 bits per heavy atom. The molecule has 3 heteroatoms. The van der Waals surface area contributed by atoms with Gasteiger partial charge in [-0.25, -0.2) is 4.98 Å². The Hall–Kier alpha value is -1.15. The Balaban J connectivity index is 2.92. The molecule has 0 fully saturated rings. The normalized spacial score (nSPS) is 10.6. The van der Waals surface area contributed by atoms with Gasteiger partial charge in [0.05, 0.1) is 0 Å². The minimum absolute atomic E-state index is 0.407. The van der Waals surface area contributed by atoms with Crippen LogP contribution in [0.3, 0.4) is 0 Å². The molecule has 0 radical (unpaired) electrons. The number of aromatic nitrogens is 1. The zero-order valence-corrected chi connectivity index (χ0v) is 8.08. The number of nitrogens with zero attached hydrogens (tertiary/aromatic N) is 1. The largest absolute Gasteiger partial charge is 0.303 e. The van der Waals surface area contributed by atoms with Gasteiger partial charge in [0.2, 0.25) is 0 Å². The van der Waals surface area contributed by atoms with Gasteiger partial charge in [-0.1, -0.05) is 23.8 Å². The van der Waals surface area contributed by atoms with Crippen LogP contribution in [0.15, 0.2) is 18.3 Å². The van der Waals surface area contributed by atoms with Gasteiger partial charge in [-0.15, -0.1) is 0 Å². The summed E-state index contributed by atoms with van der Waals surface area (Å²) in [6.07, 6.45) is 6.50. The van der Waals surface area contributed by atoms with Crippen LogP contribution in [-0.2, 0) is 4.79 Å². The molecule has 0 saturated heterocycles. The maximum absolute atomic E-state index is 10.1. The number of hydrogen-bond donors (Lipinski definition) is 0. The van der Waals surface area contributed by atoms with Gasteiger partial charge in [-0.05, 0) is 18.6 Å². The third-order valence-corrected chi connectivity index (χ3v) is 1.98. The number of rotatable bonds is 3. The van der Waals surface area contributed by atoms with E-state index in [1.54, 1.807) is 12.3 Å². The summed E-state index contributed by atoms with van der Waals surface area (Å²) in [6.45, 7) is 1.95. The fourth-order valence-electron chi connectivity index (χ4n) is 0.978. The fourth-order valence-corrected chi connectivity index (χ4v) is 1.25. The van der Waals surface area contributed by atoms with Gasteiger partial charge in [0.25, 0.3) is 0 Å². The van der Waals surface area contributed by atoms with Crippen molar-refractivity contribution in [1.82, 2.24) is 4.98 Å². The van der Waals surface area contributed by atoms with Crippen LogP contribution in [0.25, 0.3) is 6.08 Å². The predicted octanol–water partition coefficient (Wildman–Crippen LogP) is 2.65. The molecule has 0 aliphatic heterocycles. The second-order valence-electron chi connectivity index (χ2n) is 2.64. The minimum atomic E-state index is 0.407. The molecule has 1 rings (SSSR count). The Labute approximate surface area is 82.3 Å². The molecular formula is C10H10ClNO. The van der Waals surface area contributed by atoms with Crippen LogP contribution in [0.4, 0.5) is 0 Å². The van der Waals surface area contributed by atoms with Crippen molar-refractivity contribution in [3.8, 4) is 0 Å². The van der Waals surface area contributed by atoms with Crippen molar-refractivity contribution < 1.29 is 4.79 Å². The lowest BCUT2D eigenvalue weighted by molar-refractivity contribution is -0.107. The first-order chi connectivity index (χ1) is 6.25. The minimum Gasteiger partial charge on any atom is -0.303 e. The Kier molecular flexibility index (Phi) is 3.65. The van der Waals surface area contributed by atoms with Crippen molar-refractivity contribution in [3.05, 3.63) is 34.6 Å². The van der Waals surface area contributed by atoms with E-state index >= 15 is 0 Å². The summed E-state index contributed by atoms with van der Waals surface area (Å²) in [5.74, 6) is 0. The highest BCUT2D eigenvalue weighted by Gasteiger charge is 1.99. The highest BCUT2D eigenvalue weighted by molar-refractivity contribution is 6.30. The Morgan fingerprint density at radius 1 is 1.62 bits per heavy atom. The van der Waals surface area contributed by atoms with E-state index in [1.165, 1.54) is 0 Å². The van der Waals surface area contributed by atoms with Crippen LogP contribution in [-0.4, -0.2) is 11.3 Å². The van der Waals surface area contributed by atoms with E-state index in [0.29, 0.717) is 11.6 Å². The summed E-state index contributed by atoms with van der Waals surface area (Å²) in [7, 11) is 0. The second-order valence-corrected chi connectivity index (χ2v) is 3.00. The van der Waals surface area contributed by atoms with Crippen LogP contribution >= 0.6 is 11.6 Å². The molecule has 1 aromatic heterocycles. The summed E-state index contributed by atoms with van der Waals surface area (Å²) in [6, 6.07) is 1.88. The first-order valence-electron chi connectivity index (χ1n) is 3.97. The monoisotopic (exact) mass is 195 g/mol. The van der Waals surface area contributed by atoms with E-state index in [0.717, 1.165) is 17.4 Å². The Morgan fingerprint density at radius 3 is 3.00 bits per heavy atom. The van der Waals surface area contributed by atoms with E-state index < -0.39 is 0 Å². The highest BCUT2D eigenvalue weighted by atomic mass is 35.5. The number of halogens is 1. The molecule has 0 amide bonds. The zero-order chi connectivity index (χ0) is 9.68. The molecule has 0 aliphatic rings. The van der Waals surface area contributed by atoms with Gasteiger partial charge in [-0.2, -0.15) is 0 Å². The lowest BCUT2D eigenvalue weighted by atomic mass is 10.1. The van der Waals surface area contributed by atoms with Gasteiger partial charge in [0.1, 0.15) is 11.4 Å². The standard InChI is InChI=1S/C10H10ClNO/c1-8-5-6-12-10(11)9(8)4-2-3-7-13/h2,4-7H,3H2,1H3. The molecule has 0 aromatic carbocycles. The summed E-state index contributed by atoms with van der Waals surface area (Å²) >= 11 is 5.86. The second kappa shape index (κ2) is 4.77. The molecule has 13 heavy (non-hydrogen) atoms. The molecular weight excluding hydrogens is 186 g/mol. The van der Waals surface area contributed by atoms with Crippen LogP contribution in [0.5, 0.6) is 0 Å². The van der Waals surface area contributed by atoms with Crippen LogP contribution in [0, 0.1) is 6.92 Å². The maximum atomic E-state index is 10.1. The average molecular weight is 196 g/mol. The lowest BCUT2D eigenvalue weighted by Crippen LogP contribution is -1.85. The van der Waals surface area contributed by atoms with Crippen LogP contribution in [0.1, 0.15) is 17.5 Å². The van der Waals surface area contributed by atoms with Crippen molar-refractivity contribution in [2.75, 3.05) is 0 Å². The molecule has 68 valence electrons. The number of aldehydes is 1. The van der Waals surface area contributed by atoms with Crippen LogP contribution < -0.4 is 0 Å². The van der Waals surface area contributed by atoms with Crippen molar-refractivity contribution in [2.45, 2.75) is 13.3 Å². The van der Waals surface area contributed by atoms with E-state index in [9.17, 15) is 4.79 Å². The summed E-state index contributed by atoms with van der Waals surface area (Å²) in [5.41, 5.74) is 1.94. The van der Waals surface area contributed by atoms with Gasteiger partial charge in [-0.3, -0.25) is 0 Å². The summed E-state index contributed by atoms with van der Waals surface area (Å²) in [4.78, 5) is 14.0. The third kappa shape index (κ3) is 2.67. The van der Waals surface area contributed by atoms with Crippen molar-refractivity contribution in [2.24, 2.45) is 0 Å². The van der Waals surface area contributed by atoms with Crippen LogP contribution in [0.2, 0.25) is 5.15 Å². The van der Waals surface area contributed by atoms with Gasteiger partial charge >= 0.3 is 0 Å². The van der Waals surface area contributed by atoms with Gasteiger partial charge in [0.15, 0.2) is 0 Å². The number of carbonyl (C=O) groups excluding carboxylic acids is 1. The van der Waals surface area contributed by atoms with E-state index in [-0.39, 0.29) is 0 Å². The molecule has 0 aliphatic carbocycles. The van der Waals surface area contributed by atoms with E-state index in [4.69, 9.17) is 11.6 Å². The average Bonchev–Trinajstić information content (AvgIpc) is 2.10. The first-order valence-corrected chi connectivity index (χ1v) is 4.34. The third-order valence-electron chi connectivity index (χ3n) is 1.68. The molecule has 1 heterocycles. The smallest absolute Gasteiger partial charge is 0.136 e. The Bertz CT molecular complexity index is 313. The van der Waals surface area contributed by atoms with Crippen molar-refractivity contribution in [3.63, 3.8) is 0 Å². The van der Waals surface area contributed by atoms with Crippen molar-refractivity contribution >= 4 is 24.0 Å². The lowest BCUT2D eigenvalue weighted by Gasteiger charge is -2.00. The number of allylic oxidation sites excluding steroid dienone is 1. The molecule has 0 spiro atoms. The van der Waals surface area contributed by atoms with Gasteiger partial charge < -0.3 is 4.79 Å². The maximum Gasteiger partial charge on any atom is 0.136 e. The van der Waals surface area contributed by atoms with Gasteiger partial charge in [0, 0.05) is 18.2 Å². The summed E-state index contributed by atoms with van der Waals surface area (Å²) in [5, 5.41) is 0.474. The SMILES string of the molecule is Cc1ccnc(Cl)c1C=CCC=O. The van der Waals surface area contributed by atoms with E-state index in [1.807, 2.05) is 19.1 Å². The first kappa shape index (κ1) is 9.93. The molecule has 0 atom stereocenters. The number of carbonyl (C=O) groups is 1. The molecule has 0 saturated carbocycles. The van der Waals surface area contributed by atoms with Crippen molar-refractivity contribution in [1.29, 1.82) is 0 Å². The molecule has 2 nitrogen and oxygen atoms in total. The molecule has 0 unspecified atom stereocenters. The molecule has 1 aromatic rings. The zero-order valence-electron chi connectivity index (χ0n) is 7.33. The number of hydrogen-bond acceptors (Lipinski definition) is 2.